The van der Waals surface area contributed by atoms with Gasteiger partial charge in [0.05, 0.1) is 6.10 Å². The number of carbonyl (C=O) groups excluding carboxylic acids is 1. The summed E-state index contributed by atoms with van der Waals surface area (Å²) in [4.78, 5) is 21.2. The lowest BCUT2D eigenvalue weighted by molar-refractivity contribution is 0.102. The van der Waals surface area contributed by atoms with Crippen LogP contribution in [0.1, 0.15) is 40.2 Å². The molecule has 0 radical (unpaired) electrons. The Balaban J connectivity index is 1.69. The summed E-state index contributed by atoms with van der Waals surface area (Å²) in [5, 5.41) is 6.07. The van der Waals surface area contributed by atoms with Crippen molar-refractivity contribution < 1.29 is 9.53 Å². The summed E-state index contributed by atoms with van der Waals surface area (Å²) in [6.45, 7) is 7.38. The molecule has 1 unspecified atom stereocenters. The Morgan fingerprint density at radius 2 is 2.04 bits per heavy atom. The molecule has 1 fully saturated rings. The summed E-state index contributed by atoms with van der Waals surface area (Å²) >= 11 is 0. The van der Waals surface area contributed by atoms with Gasteiger partial charge in [-0.15, -0.1) is 0 Å². The van der Waals surface area contributed by atoms with Gasteiger partial charge >= 0.3 is 0 Å². The van der Waals surface area contributed by atoms with Crippen LogP contribution in [-0.4, -0.2) is 35.1 Å². The number of nitrogens with one attached hydrogen (secondary N) is 2. The number of benzene rings is 1. The van der Waals surface area contributed by atoms with Crippen molar-refractivity contribution in [2.45, 2.75) is 39.7 Å². The number of aromatic nitrogens is 2. The van der Waals surface area contributed by atoms with Gasteiger partial charge in [0, 0.05) is 24.5 Å². The van der Waals surface area contributed by atoms with Gasteiger partial charge in [-0.1, -0.05) is 6.07 Å². The van der Waals surface area contributed by atoms with Crippen LogP contribution in [0.5, 0.6) is 0 Å². The first-order chi connectivity index (χ1) is 12.0. The molecule has 1 aromatic heterocycles. The smallest absolute Gasteiger partial charge is 0.274 e. The molecule has 6 nitrogen and oxygen atoms in total. The molecular weight excluding hydrogens is 316 g/mol. The number of aryl methyl sites for hydroxylation is 3. The number of ether oxygens (including phenoxy) is 1. The zero-order valence-electron chi connectivity index (χ0n) is 14.9. The van der Waals surface area contributed by atoms with Gasteiger partial charge in [-0.05, 0) is 62.9 Å². The molecule has 2 heterocycles. The van der Waals surface area contributed by atoms with Crippen LogP contribution in [0.25, 0.3) is 0 Å². The van der Waals surface area contributed by atoms with Gasteiger partial charge < -0.3 is 15.4 Å². The van der Waals surface area contributed by atoms with E-state index < -0.39 is 0 Å². The number of carbonyl (C=O) groups is 1. The van der Waals surface area contributed by atoms with E-state index in [0.29, 0.717) is 18.2 Å². The molecule has 1 aliphatic rings. The van der Waals surface area contributed by atoms with Gasteiger partial charge in [-0.3, -0.25) is 4.79 Å². The number of rotatable bonds is 5. The Kier molecular flexibility index (Phi) is 5.28. The molecule has 6 heteroatoms. The molecule has 0 bridgehead atoms. The average molecular weight is 340 g/mol. The van der Waals surface area contributed by atoms with E-state index in [0.717, 1.165) is 36.4 Å². The van der Waals surface area contributed by atoms with Crippen LogP contribution < -0.4 is 10.6 Å². The molecule has 25 heavy (non-hydrogen) atoms. The van der Waals surface area contributed by atoms with E-state index in [4.69, 9.17) is 4.74 Å². The van der Waals surface area contributed by atoms with Gasteiger partial charge in [0.2, 0.25) is 5.95 Å². The van der Waals surface area contributed by atoms with Crippen LogP contribution in [0.2, 0.25) is 0 Å². The summed E-state index contributed by atoms with van der Waals surface area (Å²) in [7, 11) is 0. The molecule has 2 N–H and O–H groups in total. The van der Waals surface area contributed by atoms with Crippen LogP contribution in [0.3, 0.4) is 0 Å². The third-order valence-corrected chi connectivity index (χ3v) is 4.36. The Labute approximate surface area is 148 Å². The van der Waals surface area contributed by atoms with Gasteiger partial charge in [0.25, 0.3) is 5.91 Å². The van der Waals surface area contributed by atoms with Gasteiger partial charge in [-0.25, -0.2) is 9.97 Å². The predicted molar refractivity (Wildman–Crippen MR) is 98.1 cm³/mol. The Bertz CT molecular complexity index is 770. The van der Waals surface area contributed by atoms with Gasteiger partial charge in [0.15, 0.2) is 0 Å². The Morgan fingerprint density at radius 1 is 1.20 bits per heavy atom. The minimum atomic E-state index is -0.242. The lowest BCUT2D eigenvalue weighted by Crippen LogP contribution is -2.21. The minimum Gasteiger partial charge on any atom is -0.376 e. The van der Waals surface area contributed by atoms with Crippen molar-refractivity contribution in [1.82, 2.24) is 9.97 Å². The second-order valence-corrected chi connectivity index (χ2v) is 6.49. The quantitative estimate of drug-likeness (QED) is 0.874. The van der Waals surface area contributed by atoms with Gasteiger partial charge in [0.1, 0.15) is 5.69 Å². The highest BCUT2D eigenvalue weighted by atomic mass is 16.5. The third-order valence-electron chi connectivity index (χ3n) is 4.36. The molecule has 1 aromatic carbocycles. The van der Waals surface area contributed by atoms with Crippen LogP contribution in [0, 0.1) is 20.8 Å². The monoisotopic (exact) mass is 340 g/mol. The summed E-state index contributed by atoms with van der Waals surface area (Å²) in [6, 6.07) is 7.53. The first-order valence-corrected chi connectivity index (χ1v) is 8.61. The standard InChI is InChI=1S/C19H24N4O2/c1-12-6-7-15(9-13(12)2)22-18(24)17-10-14(3)21-19(23-17)20-11-16-5-4-8-25-16/h6-7,9-10,16H,4-5,8,11H2,1-3H3,(H,22,24)(H,20,21,23). The van der Waals surface area contributed by atoms with Crippen molar-refractivity contribution in [2.75, 3.05) is 23.8 Å². The molecule has 1 atom stereocenters. The second kappa shape index (κ2) is 7.61. The SMILES string of the molecule is Cc1cc(C(=O)Nc2ccc(C)c(C)c2)nc(NCC2CCCO2)n1. The molecule has 1 amide bonds. The molecule has 3 rings (SSSR count). The van der Waals surface area contributed by atoms with Crippen LogP contribution in [-0.2, 0) is 4.74 Å². The highest BCUT2D eigenvalue weighted by Crippen LogP contribution is 2.16. The van der Waals surface area contributed by atoms with Crippen molar-refractivity contribution in [2.24, 2.45) is 0 Å². The lowest BCUT2D eigenvalue weighted by Gasteiger charge is -2.12. The highest BCUT2D eigenvalue weighted by molar-refractivity contribution is 6.03. The van der Waals surface area contributed by atoms with Crippen molar-refractivity contribution in [3.63, 3.8) is 0 Å². The third kappa shape index (κ3) is 4.54. The lowest BCUT2D eigenvalue weighted by atomic mass is 10.1. The number of nitrogens with zero attached hydrogens (tertiary/aromatic N) is 2. The van der Waals surface area contributed by atoms with E-state index in [2.05, 4.69) is 20.6 Å². The molecule has 1 aliphatic heterocycles. The average Bonchev–Trinajstić information content (AvgIpc) is 3.09. The van der Waals surface area contributed by atoms with Crippen LogP contribution in [0.4, 0.5) is 11.6 Å². The molecular formula is C19H24N4O2. The molecule has 132 valence electrons. The molecule has 0 saturated carbocycles. The van der Waals surface area contributed by atoms with E-state index in [1.54, 1.807) is 6.07 Å². The maximum Gasteiger partial charge on any atom is 0.274 e. The summed E-state index contributed by atoms with van der Waals surface area (Å²) in [5.74, 6) is 0.217. The fraction of sp³-hybridized carbons (Fsp3) is 0.421. The van der Waals surface area contributed by atoms with E-state index in [1.165, 1.54) is 5.56 Å². The Morgan fingerprint density at radius 3 is 2.76 bits per heavy atom. The zero-order chi connectivity index (χ0) is 17.8. The van der Waals surface area contributed by atoms with Crippen LogP contribution in [0.15, 0.2) is 24.3 Å². The maximum absolute atomic E-state index is 12.5. The fourth-order valence-corrected chi connectivity index (χ4v) is 2.79. The largest absolute Gasteiger partial charge is 0.376 e. The molecule has 0 spiro atoms. The summed E-state index contributed by atoms with van der Waals surface area (Å²) in [5.41, 5.74) is 4.18. The van der Waals surface area contributed by atoms with E-state index in [9.17, 15) is 4.79 Å². The van der Waals surface area contributed by atoms with Crippen LogP contribution >= 0.6 is 0 Å². The van der Waals surface area contributed by atoms with E-state index in [-0.39, 0.29) is 12.0 Å². The highest BCUT2D eigenvalue weighted by Gasteiger charge is 2.16. The normalized spacial score (nSPS) is 16.7. The summed E-state index contributed by atoms with van der Waals surface area (Å²) < 4.78 is 5.59. The number of anilines is 2. The second-order valence-electron chi connectivity index (χ2n) is 6.49. The van der Waals surface area contributed by atoms with Crippen molar-refractivity contribution in [1.29, 1.82) is 0 Å². The maximum atomic E-state index is 12.5. The first kappa shape index (κ1) is 17.4. The number of amides is 1. The predicted octanol–water partition coefficient (Wildman–Crippen LogP) is 3.25. The van der Waals surface area contributed by atoms with Gasteiger partial charge in [-0.2, -0.15) is 0 Å². The first-order valence-electron chi connectivity index (χ1n) is 8.61. The number of hydrogen-bond donors (Lipinski definition) is 2. The van der Waals surface area contributed by atoms with Crippen molar-refractivity contribution >= 4 is 17.5 Å². The molecule has 2 aromatic rings. The summed E-state index contributed by atoms with van der Waals surface area (Å²) in [6.07, 6.45) is 2.32. The Hall–Kier alpha value is -2.47. The van der Waals surface area contributed by atoms with E-state index in [1.807, 2.05) is 39.0 Å². The minimum absolute atomic E-state index is 0.192. The van der Waals surface area contributed by atoms with Crippen molar-refractivity contribution in [3.05, 3.63) is 46.8 Å². The number of hydrogen-bond acceptors (Lipinski definition) is 5. The fourth-order valence-electron chi connectivity index (χ4n) is 2.79. The zero-order valence-corrected chi connectivity index (χ0v) is 14.9. The topological polar surface area (TPSA) is 76.1 Å². The molecule has 0 aliphatic carbocycles. The molecule has 1 saturated heterocycles. The van der Waals surface area contributed by atoms with E-state index >= 15 is 0 Å². The van der Waals surface area contributed by atoms with Crippen molar-refractivity contribution in [3.8, 4) is 0 Å².